The number of carbonyl (C=O) groups is 1. The molecule has 0 amide bonds. The molecule has 2 nitrogen and oxygen atoms in total. The Kier molecular flexibility index (Phi) is 4.06. The minimum absolute atomic E-state index is 0.130. The van der Waals surface area contributed by atoms with E-state index in [-0.39, 0.29) is 11.6 Å². The summed E-state index contributed by atoms with van der Waals surface area (Å²) >= 11 is 1.50. The summed E-state index contributed by atoms with van der Waals surface area (Å²) in [5, 5.41) is 2.13. The molecule has 0 fully saturated rings. The van der Waals surface area contributed by atoms with Gasteiger partial charge in [0.25, 0.3) is 0 Å². The van der Waals surface area contributed by atoms with Crippen LogP contribution in [0.1, 0.15) is 5.56 Å². The number of nitrogens with one attached hydrogen (secondary N) is 1. The quantitative estimate of drug-likeness (QED) is 0.716. The number of hydrogen-bond acceptors (Lipinski definition) is 2. The number of aromatic amines is 1. The van der Waals surface area contributed by atoms with Crippen LogP contribution in [-0.4, -0.2) is 16.5 Å². The van der Waals surface area contributed by atoms with Crippen LogP contribution in [0.3, 0.4) is 0 Å². The molecule has 0 aliphatic rings. The van der Waals surface area contributed by atoms with Gasteiger partial charge in [-0.25, -0.2) is 4.39 Å². The average Bonchev–Trinajstić information content (AvgIpc) is 2.90. The highest BCUT2D eigenvalue weighted by Crippen LogP contribution is 2.23. The molecule has 21 heavy (non-hydrogen) atoms. The van der Waals surface area contributed by atoms with Crippen LogP contribution >= 0.6 is 11.8 Å². The SMILES string of the molecule is O=C(CSc1cc2ccccc2[nH]1)Cc1ccc(F)cc1. The number of fused-ring (bicyclic) bond motifs is 1. The summed E-state index contributed by atoms with van der Waals surface area (Å²) in [6.07, 6.45) is 0.341. The normalized spacial score (nSPS) is 10.9. The number of H-pyrrole nitrogens is 1. The first-order chi connectivity index (χ1) is 10.2. The zero-order valence-electron chi connectivity index (χ0n) is 11.3. The third-order valence-electron chi connectivity index (χ3n) is 3.21. The van der Waals surface area contributed by atoms with Crippen LogP contribution < -0.4 is 0 Å². The average molecular weight is 299 g/mol. The van der Waals surface area contributed by atoms with Crippen molar-refractivity contribution in [3.05, 3.63) is 66.0 Å². The van der Waals surface area contributed by atoms with E-state index in [1.54, 1.807) is 12.1 Å². The second-order valence-corrected chi connectivity index (χ2v) is 5.87. The maximum atomic E-state index is 12.8. The molecule has 106 valence electrons. The lowest BCUT2D eigenvalue weighted by Crippen LogP contribution is -2.05. The van der Waals surface area contributed by atoms with E-state index in [1.807, 2.05) is 30.3 Å². The Bertz CT molecular complexity index is 731. The van der Waals surface area contributed by atoms with Crippen LogP contribution in [0.15, 0.2) is 59.6 Å². The molecular weight excluding hydrogens is 285 g/mol. The Morgan fingerprint density at radius 2 is 1.86 bits per heavy atom. The molecule has 0 atom stereocenters. The van der Waals surface area contributed by atoms with E-state index in [2.05, 4.69) is 4.98 Å². The number of Topliss-reactive ketones (excluding diaryl/α,β-unsaturated/α-hetero) is 1. The fourth-order valence-electron chi connectivity index (χ4n) is 2.16. The Morgan fingerprint density at radius 1 is 1.10 bits per heavy atom. The van der Waals surface area contributed by atoms with E-state index < -0.39 is 0 Å². The highest BCUT2D eigenvalue weighted by molar-refractivity contribution is 7.99. The number of rotatable bonds is 5. The van der Waals surface area contributed by atoms with Gasteiger partial charge in [0.2, 0.25) is 0 Å². The fourth-order valence-corrected chi connectivity index (χ4v) is 2.97. The largest absolute Gasteiger partial charge is 0.350 e. The van der Waals surface area contributed by atoms with Crippen LogP contribution in [0.5, 0.6) is 0 Å². The number of hydrogen-bond donors (Lipinski definition) is 1. The number of thioether (sulfide) groups is 1. The monoisotopic (exact) mass is 299 g/mol. The molecule has 2 aromatic carbocycles. The van der Waals surface area contributed by atoms with Crippen molar-refractivity contribution < 1.29 is 9.18 Å². The minimum Gasteiger partial charge on any atom is -0.350 e. The van der Waals surface area contributed by atoms with Crippen LogP contribution in [0.25, 0.3) is 10.9 Å². The van der Waals surface area contributed by atoms with E-state index in [0.29, 0.717) is 12.2 Å². The van der Waals surface area contributed by atoms with Crippen molar-refractivity contribution in [2.75, 3.05) is 5.75 Å². The van der Waals surface area contributed by atoms with Crippen molar-refractivity contribution in [3.8, 4) is 0 Å². The van der Waals surface area contributed by atoms with Crippen LogP contribution in [0.2, 0.25) is 0 Å². The summed E-state index contributed by atoms with van der Waals surface area (Å²) in [5.74, 6) is 0.258. The van der Waals surface area contributed by atoms with Crippen molar-refractivity contribution in [3.63, 3.8) is 0 Å². The topological polar surface area (TPSA) is 32.9 Å². The van der Waals surface area contributed by atoms with Crippen molar-refractivity contribution in [2.24, 2.45) is 0 Å². The molecule has 4 heteroatoms. The summed E-state index contributed by atoms with van der Waals surface area (Å²) in [6.45, 7) is 0. The first kappa shape index (κ1) is 13.9. The van der Waals surface area contributed by atoms with Gasteiger partial charge >= 0.3 is 0 Å². The molecule has 1 heterocycles. The fraction of sp³-hybridized carbons (Fsp3) is 0.118. The highest BCUT2D eigenvalue weighted by Gasteiger charge is 2.07. The summed E-state index contributed by atoms with van der Waals surface area (Å²) in [7, 11) is 0. The molecule has 0 radical (unpaired) electrons. The van der Waals surface area contributed by atoms with Gasteiger partial charge < -0.3 is 4.98 Å². The van der Waals surface area contributed by atoms with Crippen LogP contribution in [0.4, 0.5) is 4.39 Å². The summed E-state index contributed by atoms with van der Waals surface area (Å²) < 4.78 is 12.8. The predicted octanol–water partition coefficient (Wildman–Crippen LogP) is 4.21. The molecule has 0 saturated heterocycles. The van der Waals surface area contributed by atoms with Gasteiger partial charge in [-0.15, -0.1) is 11.8 Å². The molecule has 0 aliphatic heterocycles. The maximum Gasteiger partial charge on any atom is 0.147 e. The smallest absolute Gasteiger partial charge is 0.147 e. The molecule has 3 aromatic rings. The number of halogens is 1. The van der Waals surface area contributed by atoms with Crippen molar-refractivity contribution in [1.29, 1.82) is 0 Å². The van der Waals surface area contributed by atoms with E-state index in [9.17, 15) is 9.18 Å². The Morgan fingerprint density at radius 3 is 2.62 bits per heavy atom. The summed E-state index contributed by atoms with van der Waals surface area (Å²) in [6, 6.07) is 16.1. The molecule has 0 spiro atoms. The first-order valence-electron chi connectivity index (χ1n) is 6.67. The Balaban J connectivity index is 1.59. The molecule has 0 aliphatic carbocycles. The zero-order valence-corrected chi connectivity index (χ0v) is 12.1. The van der Waals surface area contributed by atoms with E-state index in [4.69, 9.17) is 0 Å². The van der Waals surface area contributed by atoms with Crippen molar-refractivity contribution in [1.82, 2.24) is 4.98 Å². The number of aromatic nitrogens is 1. The summed E-state index contributed by atoms with van der Waals surface area (Å²) in [5.41, 5.74) is 1.92. The molecule has 0 saturated carbocycles. The molecule has 1 aromatic heterocycles. The number of para-hydroxylation sites is 1. The molecule has 1 N–H and O–H groups in total. The van der Waals surface area contributed by atoms with Crippen LogP contribution in [0, 0.1) is 5.82 Å². The van der Waals surface area contributed by atoms with Crippen molar-refractivity contribution >= 4 is 28.4 Å². The zero-order chi connectivity index (χ0) is 14.7. The van der Waals surface area contributed by atoms with Gasteiger partial charge in [0.05, 0.1) is 10.8 Å². The highest BCUT2D eigenvalue weighted by atomic mass is 32.2. The number of ketones is 1. The second-order valence-electron chi connectivity index (χ2n) is 4.85. The molecular formula is C17H14FNOS. The lowest BCUT2D eigenvalue weighted by atomic mass is 10.1. The van der Waals surface area contributed by atoms with Crippen LogP contribution in [-0.2, 0) is 11.2 Å². The van der Waals surface area contributed by atoms with Gasteiger partial charge in [0.1, 0.15) is 11.6 Å². The van der Waals surface area contributed by atoms with Gasteiger partial charge in [-0.1, -0.05) is 30.3 Å². The van der Waals surface area contributed by atoms with Gasteiger partial charge in [-0.05, 0) is 29.8 Å². The van der Waals surface area contributed by atoms with Gasteiger partial charge in [0, 0.05) is 17.3 Å². The van der Waals surface area contributed by atoms with E-state index in [1.165, 1.54) is 23.9 Å². The first-order valence-corrected chi connectivity index (χ1v) is 7.66. The second kappa shape index (κ2) is 6.14. The Labute approximate surface area is 126 Å². The molecule has 0 unspecified atom stereocenters. The maximum absolute atomic E-state index is 12.8. The predicted molar refractivity (Wildman–Crippen MR) is 84.1 cm³/mol. The Hall–Kier alpha value is -2.07. The van der Waals surface area contributed by atoms with E-state index >= 15 is 0 Å². The number of benzene rings is 2. The third kappa shape index (κ3) is 3.52. The summed E-state index contributed by atoms with van der Waals surface area (Å²) in [4.78, 5) is 15.2. The van der Waals surface area contributed by atoms with Gasteiger partial charge in [-0.2, -0.15) is 0 Å². The lowest BCUT2D eigenvalue weighted by Gasteiger charge is -2.00. The standard InChI is InChI=1S/C17H14FNOS/c18-14-7-5-12(6-8-14)9-15(20)11-21-17-10-13-3-1-2-4-16(13)19-17/h1-8,10,19H,9,11H2. The minimum atomic E-state index is -0.279. The molecule has 0 bridgehead atoms. The van der Waals surface area contributed by atoms with Crippen molar-refractivity contribution in [2.45, 2.75) is 11.4 Å². The van der Waals surface area contributed by atoms with Gasteiger partial charge in [0.15, 0.2) is 0 Å². The van der Waals surface area contributed by atoms with Gasteiger partial charge in [-0.3, -0.25) is 4.79 Å². The lowest BCUT2D eigenvalue weighted by molar-refractivity contribution is -0.116. The molecule has 3 rings (SSSR count). The number of carbonyl (C=O) groups excluding carboxylic acids is 1. The third-order valence-corrected chi connectivity index (χ3v) is 4.21. The van der Waals surface area contributed by atoms with E-state index in [0.717, 1.165) is 21.5 Å².